The number of aliphatic hydroxyl groups excluding tert-OH is 1. The first-order chi connectivity index (χ1) is 7.86. The zero-order chi connectivity index (χ0) is 11.2. The van der Waals surface area contributed by atoms with Crippen molar-refractivity contribution in [1.82, 2.24) is 0 Å². The summed E-state index contributed by atoms with van der Waals surface area (Å²) in [5.41, 5.74) is 0.957. The quantitative estimate of drug-likeness (QED) is 0.789. The smallest absolute Gasteiger partial charge is 0.157 e. The predicted molar refractivity (Wildman–Crippen MR) is 60.6 cm³/mol. The fourth-order valence-corrected chi connectivity index (χ4v) is 1.62. The summed E-state index contributed by atoms with van der Waals surface area (Å²) in [5, 5.41) is 11.9. The van der Waals surface area contributed by atoms with Crippen molar-refractivity contribution in [3.63, 3.8) is 0 Å². The highest BCUT2D eigenvalue weighted by Crippen LogP contribution is 2.09. The molecule has 0 radical (unpaired) electrons. The van der Waals surface area contributed by atoms with Crippen LogP contribution in [0.4, 0.5) is 0 Å². The second-order valence-corrected chi connectivity index (χ2v) is 3.73. The van der Waals surface area contributed by atoms with Crippen molar-refractivity contribution in [3.05, 3.63) is 60.1 Å². The van der Waals surface area contributed by atoms with Gasteiger partial charge in [-0.1, -0.05) is 30.3 Å². The van der Waals surface area contributed by atoms with Gasteiger partial charge in [-0.3, -0.25) is 0 Å². The second kappa shape index (κ2) is 5.49. The van der Waals surface area contributed by atoms with E-state index in [4.69, 9.17) is 4.42 Å². The number of nitrogens with two attached hydrogens (primary N) is 1. The molecule has 2 aromatic rings. The molecule has 0 unspecified atom stereocenters. The van der Waals surface area contributed by atoms with Crippen LogP contribution in [0.5, 0.6) is 0 Å². The van der Waals surface area contributed by atoms with E-state index < -0.39 is 6.10 Å². The van der Waals surface area contributed by atoms with Gasteiger partial charge >= 0.3 is 0 Å². The molecular formula is C13H16NO2+. The number of furan rings is 1. The lowest BCUT2D eigenvalue weighted by atomic mass is 10.1. The molecule has 0 fully saturated rings. The molecule has 3 nitrogen and oxygen atoms in total. The number of quaternary nitrogens is 1. The Bertz CT molecular complexity index is 397. The van der Waals surface area contributed by atoms with Crippen molar-refractivity contribution in [2.75, 3.05) is 6.54 Å². The van der Waals surface area contributed by atoms with E-state index in [2.05, 4.69) is 0 Å². The predicted octanol–water partition coefficient (Wildman–Crippen LogP) is 1.08. The molecule has 0 aliphatic carbocycles. The van der Waals surface area contributed by atoms with Gasteiger partial charge in [0, 0.05) is 0 Å². The minimum Gasteiger partial charge on any atom is -0.463 e. The van der Waals surface area contributed by atoms with Crippen LogP contribution >= 0.6 is 0 Å². The van der Waals surface area contributed by atoms with Gasteiger partial charge in [-0.2, -0.15) is 0 Å². The Morgan fingerprint density at radius 3 is 2.62 bits per heavy atom. The molecule has 0 saturated carbocycles. The SMILES string of the molecule is O[C@H](C[NH2+]Cc1ccco1)c1ccccc1. The van der Waals surface area contributed by atoms with E-state index in [1.54, 1.807) is 6.26 Å². The molecule has 1 heterocycles. The minimum absolute atomic E-state index is 0.420. The summed E-state index contributed by atoms with van der Waals surface area (Å²) in [6.45, 7) is 1.40. The van der Waals surface area contributed by atoms with E-state index in [0.29, 0.717) is 6.54 Å². The Hall–Kier alpha value is -1.58. The second-order valence-electron chi connectivity index (χ2n) is 3.73. The Morgan fingerprint density at radius 2 is 1.94 bits per heavy atom. The summed E-state index contributed by atoms with van der Waals surface area (Å²) in [5.74, 6) is 0.931. The van der Waals surface area contributed by atoms with E-state index in [0.717, 1.165) is 17.9 Å². The van der Waals surface area contributed by atoms with Crippen LogP contribution in [0.3, 0.4) is 0 Å². The molecule has 0 bridgehead atoms. The molecule has 0 aliphatic heterocycles. The van der Waals surface area contributed by atoms with Crippen molar-refractivity contribution < 1.29 is 14.8 Å². The lowest BCUT2D eigenvalue weighted by molar-refractivity contribution is -0.679. The first kappa shape index (κ1) is 10.9. The van der Waals surface area contributed by atoms with Crippen molar-refractivity contribution in [2.24, 2.45) is 0 Å². The van der Waals surface area contributed by atoms with Crippen LogP contribution in [0, 0.1) is 0 Å². The lowest BCUT2D eigenvalue weighted by Crippen LogP contribution is -2.83. The van der Waals surface area contributed by atoms with Gasteiger partial charge in [-0.25, -0.2) is 0 Å². The molecule has 1 aromatic carbocycles. The number of rotatable bonds is 5. The Balaban J connectivity index is 1.78. The highest BCUT2D eigenvalue weighted by atomic mass is 16.3. The van der Waals surface area contributed by atoms with Gasteiger partial charge in [-0.05, 0) is 17.7 Å². The van der Waals surface area contributed by atoms with Gasteiger partial charge in [-0.15, -0.1) is 0 Å². The zero-order valence-corrected chi connectivity index (χ0v) is 9.04. The number of hydrogen-bond donors (Lipinski definition) is 2. The number of aliphatic hydroxyl groups is 1. The average Bonchev–Trinajstić information content (AvgIpc) is 2.83. The summed E-state index contributed by atoms with van der Waals surface area (Å²) in [4.78, 5) is 0. The Labute approximate surface area is 94.7 Å². The molecule has 1 aromatic heterocycles. The third-order valence-electron chi connectivity index (χ3n) is 2.50. The van der Waals surface area contributed by atoms with Crippen LogP contribution in [0.15, 0.2) is 53.1 Å². The third-order valence-corrected chi connectivity index (χ3v) is 2.50. The molecule has 16 heavy (non-hydrogen) atoms. The standard InChI is InChI=1S/C13H15NO2/c15-13(11-5-2-1-3-6-11)10-14-9-12-7-4-8-16-12/h1-8,13-15H,9-10H2/p+1/t13-/m1/s1. The molecule has 0 aliphatic rings. The molecule has 1 atom stereocenters. The van der Waals surface area contributed by atoms with Crippen LogP contribution in [0.25, 0.3) is 0 Å². The monoisotopic (exact) mass is 218 g/mol. The third kappa shape index (κ3) is 2.95. The summed E-state index contributed by atoms with van der Waals surface area (Å²) in [6, 6.07) is 13.5. The average molecular weight is 218 g/mol. The van der Waals surface area contributed by atoms with Gasteiger partial charge in [0.2, 0.25) is 0 Å². The Morgan fingerprint density at radius 1 is 1.12 bits per heavy atom. The summed E-state index contributed by atoms with van der Waals surface area (Å²) >= 11 is 0. The van der Waals surface area contributed by atoms with E-state index >= 15 is 0 Å². The molecule has 3 heteroatoms. The van der Waals surface area contributed by atoms with E-state index in [-0.39, 0.29) is 0 Å². The van der Waals surface area contributed by atoms with E-state index in [9.17, 15) is 5.11 Å². The maximum Gasteiger partial charge on any atom is 0.157 e. The molecule has 2 rings (SSSR count). The van der Waals surface area contributed by atoms with Crippen LogP contribution in [-0.4, -0.2) is 11.7 Å². The van der Waals surface area contributed by atoms with Crippen LogP contribution in [0.1, 0.15) is 17.4 Å². The van der Waals surface area contributed by atoms with Crippen molar-refractivity contribution in [1.29, 1.82) is 0 Å². The highest BCUT2D eigenvalue weighted by molar-refractivity contribution is 5.16. The molecule has 3 N–H and O–H groups in total. The molecule has 0 saturated heterocycles. The minimum atomic E-state index is -0.420. The van der Waals surface area contributed by atoms with Crippen LogP contribution in [-0.2, 0) is 6.54 Å². The van der Waals surface area contributed by atoms with Gasteiger partial charge in [0.25, 0.3) is 0 Å². The van der Waals surface area contributed by atoms with Gasteiger partial charge in [0.05, 0.1) is 6.26 Å². The zero-order valence-electron chi connectivity index (χ0n) is 9.04. The number of hydrogen-bond acceptors (Lipinski definition) is 2. The molecule has 84 valence electrons. The van der Waals surface area contributed by atoms with Crippen LogP contribution in [0.2, 0.25) is 0 Å². The van der Waals surface area contributed by atoms with Crippen molar-refractivity contribution >= 4 is 0 Å². The van der Waals surface area contributed by atoms with Crippen molar-refractivity contribution in [2.45, 2.75) is 12.6 Å². The summed E-state index contributed by atoms with van der Waals surface area (Å²) in [7, 11) is 0. The number of benzene rings is 1. The highest BCUT2D eigenvalue weighted by Gasteiger charge is 2.08. The first-order valence-electron chi connectivity index (χ1n) is 5.43. The molecular weight excluding hydrogens is 202 g/mol. The van der Waals surface area contributed by atoms with E-state index in [1.807, 2.05) is 47.8 Å². The topological polar surface area (TPSA) is 50.0 Å². The normalized spacial score (nSPS) is 12.6. The molecule has 0 amide bonds. The fraction of sp³-hybridized carbons (Fsp3) is 0.231. The Kier molecular flexibility index (Phi) is 3.75. The summed E-state index contributed by atoms with van der Waals surface area (Å²) in [6.07, 6.45) is 1.24. The molecule has 0 spiro atoms. The maximum atomic E-state index is 9.89. The first-order valence-corrected chi connectivity index (χ1v) is 5.43. The van der Waals surface area contributed by atoms with E-state index in [1.165, 1.54) is 0 Å². The van der Waals surface area contributed by atoms with Gasteiger partial charge < -0.3 is 14.8 Å². The van der Waals surface area contributed by atoms with Crippen LogP contribution < -0.4 is 5.32 Å². The largest absolute Gasteiger partial charge is 0.463 e. The lowest BCUT2D eigenvalue weighted by Gasteiger charge is -2.08. The summed E-state index contributed by atoms with van der Waals surface area (Å²) < 4.78 is 5.21. The maximum absolute atomic E-state index is 9.89. The fourth-order valence-electron chi connectivity index (χ4n) is 1.62. The van der Waals surface area contributed by atoms with Gasteiger partial charge in [0.1, 0.15) is 19.2 Å². The van der Waals surface area contributed by atoms with Gasteiger partial charge in [0.15, 0.2) is 5.76 Å². The van der Waals surface area contributed by atoms with Crippen molar-refractivity contribution in [3.8, 4) is 0 Å².